The molecule has 0 aliphatic heterocycles. The standard InChI is InChI=1S/C15H20Cl2O2/c1-4-6-7-10(3)15(18)11-8-13(17)14(19-5-2)9-12(11)16/h8-10H,4-7H2,1-3H3. The fourth-order valence-corrected chi connectivity index (χ4v) is 2.36. The molecular weight excluding hydrogens is 283 g/mol. The smallest absolute Gasteiger partial charge is 0.167 e. The summed E-state index contributed by atoms with van der Waals surface area (Å²) in [6.45, 7) is 6.42. The Morgan fingerprint density at radius 2 is 1.95 bits per heavy atom. The molecule has 0 saturated heterocycles. The Morgan fingerprint density at radius 1 is 1.26 bits per heavy atom. The molecule has 1 unspecified atom stereocenters. The first-order valence-corrected chi connectivity index (χ1v) is 7.42. The van der Waals surface area contributed by atoms with Crippen LogP contribution in [0.25, 0.3) is 0 Å². The monoisotopic (exact) mass is 302 g/mol. The number of hydrogen-bond acceptors (Lipinski definition) is 2. The fourth-order valence-electron chi connectivity index (χ4n) is 1.89. The summed E-state index contributed by atoms with van der Waals surface area (Å²) < 4.78 is 5.35. The lowest BCUT2D eigenvalue weighted by molar-refractivity contribution is 0.0923. The molecule has 0 spiro atoms. The zero-order chi connectivity index (χ0) is 14.4. The molecule has 0 radical (unpaired) electrons. The van der Waals surface area contributed by atoms with Crippen molar-refractivity contribution in [3.05, 3.63) is 27.7 Å². The highest BCUT2D eigenvalue weighted by molar-refractivity contribution is 6.36. The van der Waals surface area contributed by atoms with Crippen LogP contribution >= 0.6 is 23.2 Å². The van der Waals surface area contributed by atoms with Gasteiger partial charge < -0.3 is 4.74 Å². The Morgan fingerprint density at radius 3 is 2.53 bits per heavy atom. The van der Waals surface area contributed by atoms with E-state index in [0.717, 1.165) is 19.3 Å². The van der Waals surface area contributed by atoms with Crippen molar-refractivity contribution in [2.45, 2.75) is 40.0 Å². The maximum absolute atomic E-state index is 12.3. The van der Waals surface area contributed by atoms with Gasteiger partial charge in [-0.1, -0.05) is 49.9 Å². The summed E-state index contributed by atoms with van der Waals surface area (Å²) >= 11 is 12.2. The van der Waals surface area contributed by atoms with Crippen LogP contribution in [0.1, 0.15) is 50.4 Å². The van der Waals surface area contributed by atoms with Crippen molar-refractivity contribution in [3.63, 3.8) is 0 Å². The lowest BCUT2D eigenvalue weighted by Crippen LogP contribution is -2.12. The molecule has 106 valence electrons. The Hall–Kier alpha value is -0.730. The van der Waals surface area contributed by atoms with Gasteiger partial charge in [0.15, 0.2) is 5.78 Å². The van der Waals surface area contributed by atoms with Gasteiger partial charge in [0.05, 0.1) is 16.7 Å². The van der Waals surface area contributed by atoms with Gasteiger partial charge in [-0.05, 0) is 19.4 Å². The van der Waals surface area contributed by atoms with Crippen LogP contribution in [0.5, 0.6) is 5.75 Å². The molecule has 19 heavy (non-hydrogen) atoms. The van der Waals surface area contributed by atoms with Crippen molar-refractivity contribution in [1.29, 1.82) is 0 Å². The van der Waals surface area contributed by atoms with Gasteiger partial charge in [0, 0.05) is 17.5 Å². The normalized spacial score (nSPS) is 12.3. The van der Waals surface area contributed by atoms with Crippen LogP contribution in [0.15, 0.2) is 12.1 Å². The van der Waals surface area contributed by atoms with Gasteiger partial charge in [-0.15, -0.1) is 0 Å². The second-order valence-corrected chi connectivity index (χ2v) is 5.42. The first kappa shape index (κ1) is 16.3. The summed E-state index contributed by atoms with van der Waals surface area (Å²) in [4.78, 5) is 12.3. The Kier molecular flexibility index (Phi) is 6.67. The van der Waals surface area contributed by atoms with E-state index in [4.69, 9.17) is 27.9 Å². The van der Waals surface area contributed by atoms with Crippen LogP contribution in [0.3, 0.4) is 0 Å². The molecule has 0 amide bonds. The summed E-state index contributed by atoms with van der Waals surface area (Å²) in [6, 6.07) is 3.23. The molecule has 0 aliphatic rings. The molecule has 0 bridgehead atoms. The number of ether oxygens (including phenoxy) is 1. The number of ketones is 1. The number of hydrogen-bond donors (Lipinski definition) is 0. The van der Waals surface area contributed by atoms with Crippen LogP contribution < -0.4 is 4.74 Å². The molecule has 0 aromatic heterocycles. The fraction of sp³-hybridized carbons (Fsp3) is 0.533. The van der Waals surface area contributed by atoms with E-state index in [9.17, 15) is 4.79 Å². The van der Waals surface area contributed by atoms with E-state index < -0.39 is 0 Å². The first-order chi connectivity index (χ1) is 9.01. The van der Waals surface area contributed by atoms with E-state index in [0.29, 0.717) is 28.0 Å². The Balaban J connectivity index is 2.94. The van der Waals surface area contributed by atoms with E-state index in [2.05, 4.69) is 6.92 Å². The molecule has 0 aliphatic carbocycles. The molecule has 4 heteroatoms. The van der Waals surface area contributed by atoms with Gasteiger partial charge in [-0.25, -0.2) is 0 Å². The quantitative estimate of drug-likeness (QED) is 0.630. The maximum Gasteiger partial charge on any atom is 0.167 e. The van der Waals surface area contributed by atoms with E-state index in [1.54, 1.807) is 12.1 Å². The zero-order valence-corrected chi connectivity index (χ0v) is 13.1. The number of unbranched alkanes of at least 4 members (excludes halogenated alkanes) is 1. The van der Waals surface area contributed by atoms with Gasteiger partial charge in [-0.2, -0.15) is 0 Å². The van der Waals surface area contributed by atoms with Crippen LogP contribution in [0.4, 0.5) is 0 Å². The average Bonchev–Trinajstić information content (AvgIpc) is 2.39. The lowest BCUT2D eigenvalue weighted by Gasteiger charge is -2.13. The van der Waals surface area contributed by atoms with Crippen molar-refractivity contribution in [2.75, 3.05) is 6.61 Å². The number of carbonyl (C=O) groups is 1. The third-order valence-corrected chi connectivity index (χ3v) is 3.63. The SMILES string of the molecule is CCCCC(C)C(=O)c1cc(Cl)c(OCC)cc1Cl. The van der Waals surface area contributed by atoms with Crippen LogP contribution in [0.2, 0.25) is 10.0 Å². The lowest BCUT2D eigenvalue weighted by atomic mass is 9.94. The summed E-state index contributed by atoms with van der Waals surface area (Å²) in [5.74, 6) is 0.529. The minimum absolute atomic E-state index is 0.0357. The number of halogens is 2. The van der Waals surface area contributed by atoms with Crippen molar-refractivity contribution < 1.29 is 9.53 Å². The molecular formula is C15H20Cl2O2. The van der Waals surface area contributed by atoms with Crippen molar-refractivity contribution in [2.24, 2.45) is 5.92 Å². The third-order valence-electron chi connectivity index (χ3n) is 3.03. The second kappa shape index (κ2) is 7.76. The molecule has 1 rings (SSSR count). The summed E-state index contributed by atoms with van der Waals surface area (Å²) in [6.07, 6.45) is 2.99. The van der Waals surface area contributed by atoms with E-state index in [-0.39, 0.29) is 11.7 Å². The van der Waals surface area contributed by atoms with E-state index in [1.165, 1.54) is 0 Å². The van der Waals surface area contributed by atoms with Crippen LogP contribution in [0, 0.1) is 5.92 Å². The van der Waals surface area contributed by atoms with Crippen molar-refractivity contribution >= 4 is 29.0 Å². The average molecular weight is 303 g/mol. The highest BCUT2D eigenvalue weighted by atomic mass is 35.5. The van der Waals surface area contributed by atoms with Crippen molar-refractivity contribution in [1.82, 2.24) is 0 Å². The highest BCUT2D eigenvalue weighted by Gasteiger charge is 2.19. The topological polar surface area (TPSA) is 26.3 Å². The highest BCUT2D eigenvalue weighted by Crippen LogP contribution is 2.32. The van der Waals surface area contributed by atoms with Crippen LogP contribution in [-0.4, -0.2) is 12.4 Å². The van der Waals surface area contributed by atoms with Gasteiger partial charge in [-0.3, -0.25) is 4.79 Å². The minimum Gasteiger partial charge on any atom is -0.492 e. The molecule has 1 aromatic rings. The minimum atomic E-state index is -0.0357. The number of carbonyl (C=O) groups excluding carboxylic acids is 1. The molecule has 0 heterocycles. The van der Waals surface area contributed by atoms with Gasteiger partial charge in [0.1, 0.15) is 5.75 Å². The van der Waals surface area contributed by atoms with Crippen LogP contribution in [-0.2, 0) is 0 Å². The summed E-state index contributed by atoms with van der Waals surface area (Å²) in [5, 5.41) is 0.832. The Labute approximate surface area is 125 Å². The van der Waals surface area contributed by atoms with Gasteiger partial charge in [0.2, 0.25) is 0 Å². The predicted molar refractivity (Wildman–Crippen MR) is 80.7 cm³/mol. The third kappa shape index (κ3) is 4.39. The molecule has 0 N–H and O–H groups in total. The number of Topliss-reactive ketones (excluding diaryl/α,β-unsaturated/α-hetero) is 1. The predicted octanol–water partition coefficient (Wildman–Crippen LogP) is 5.40. The molecule has 1 aromatic carbocycles. The van der Waals surface area contributed by atoms with Gasteiger partial charge in [0.25, 0.3) is 0 Å². The molecule has 2 nitrogen and oxygen atoms in total. The maximum atomic E-state index is 12.3. The molecule has 0 saturated carbocycles. The number of benzene rings is 1. The number of rotatable bonds is 7. The van der Waals surface area contributed by atoms with Crippen molar-refractivity contribution in [3.8, 4) is 5.75 Å². The molecule has 0 fully saturated rings. The molecule has 1 atom stereocenters. The van der Waals surface area contributed by atoms with E-state index in [1.807, 2.05) is 13.8 Å². The largest absolute Gasteiger partial charge is 0.492 e. The zero-order valence-electron chi connectivity index (χ0n) is 11.6. The van der Waals surface area contributed by atoms with Gasteiger partial charge >= 0.3 is 0 Å². The van der Waals surface area contributed by atoms with E-state index >= 15 is 0 Å². The Bertz CT molecular complexity index is 444. The summed E-state index contributed by atoms with van der Waals surface area (Å²) in [7, 11) is 0. The summed E-state index contributed by atoms with van der Waals surface area (Å²) in [5.41, 5.74) is 0.485. The first-order valence-electron chi connectivity index (χ1n) is 6.67. The second-order valence-electron chi connectivity index (χ2n) is 4.60.